The van der Waals surface area contributed by atoms with Gasteiger partial charge in [0.15, 0.2) is 8.32 Å². The fourth-order valence-electron chi connectivity index (χ4n) is 2.51. The largest absolute Gasteiger partial charge is 0.413 e. The zero-order valence-corrected chi connectivity index (χ0v) is 17.9. The van der Waals surface area contributed by atoms with Crippen molar-refractivity contribution in [1.29, 1.82) is 0 Å². The van der Waals surface area contributed by atoms with Gasteiger partial charge < -0.3 is 9.74 Å². The Morgan fingerprint density at radius 2 is 1.92 bits per heavy atom. The molecule has 3 atom stereocenters. The summed E-state index contributed by atoms with van der Waals surface area (Å²) in [5.41, 5.74) is 0. The van der Waals surface area contributed by atoms with E-state index in [2.05, 4.69) is 57.3 Å². The quantitative estimate of drug-likeness (QED) is 0.352. The van der Waals surface area contributed by atoms with Crippen molar-refractivity contribution >= 4 is 26.0 Å². The van der Waals surface area contributed by atoms with E-state index in [1.165, 1.54) is 11.8 Å². The molecule has 1 aliphatic rings. The van der Waals surface area contributed by atoms with Crippen LogP contribution in [0.15, 0.2) is 35.2 Å². The molecule has 0 unspecified atom stereocenters. The molecule has 5 heteroatoms. The Labute approximate surface area is 157 Å². The van der Waals surface area contributed by atoms with Gasteiger partial charge in [0, 0.05) is 4.90 Å². The first-order valence-electron chi connectivity index (χ1n) is 8.86. The predicted octanol–water partition coefficient (Wildman–Crippen LogP) is 4.65. The minimum absolute atomic E-state index is 0.0596. The molecule has 0 radical (unpaired) electrons. The third kappa shape index (κ3) is 4.90. The van der Waals surface area contributed by atoms with Gasteiger partial charge in [-0.1, -0.05) is 51.8 Å². The summed E-state index contributed by atoms with van der Waals surface area (Å²) < 4.78 is 6.52. The van der Waals surface area contributed by atoms with Crippen molar-refractivity contribution in [2.45, 2.75) is 69.3 Å². The van der Waals surface area contributed by atoms with Crippen LogP contribution >= 0.6 is 11.8 Å². The molecule has 2 rings (SSSR count). The van der Waals surface area contributed by atoms with Gasteiger partial charge in [0.25, 0.3) is 0 Å². The van der Waals surface area contributed by atoms with Crippen LogP contribution in [0.3, 0.4) is 0 Å². The fourth-order valence-corrected chi connectivity index (χ4v) is 4.53. The Hall–Kier alpha value is -1.22. The number of carbonyl (C=O) groups is 1. The Morgan fingerprint density at radius 3 is 2.44 bits per heavy atom. The molecular formula is C20H29NO2SSi. The first-order chi connectivity index (χ1) is 11.7. The van der Waals surface area contributed by atoms with E-state index in [9.17, 15) is 4.79 Å². The summed E-state index contributed by atoms with van der Waals surface area (Å²) in [5, 5.41) is 6.19. The number of benzene rings is 1. The van der Waals surface area contributed by atoms with Gasteiger partial charge in [-0.3, -0.25) is 4.79 Å². The number of hydrogen-bond acceptors (Lipinski definition) is 3. The minimum Gasteiger partial charge on any atom is -0.413 e. The van der Waals surface area contributed by atoms with Crippen molar-refractivity contribution in [3.8, 4) is 11.2 Å². The van der Waals surface area contributed by atoms with E-state index in [0.29, 0.717) is 0 Å². The molecule has 0 saturated carbocycles. The molecule has 0 bridgehead atoms. The molecule has 1 saturated heterocycles. The van der Waals surface area contributed by atoms with Gasteiger partial charge >= 0.3 is 0 Å². The van der Waals surface area contributed by atoms with E-state index in [1.807, 2.05) is 30.3 Å². The lowest BCUT2D eigenvalue weighted by Crippen LogP contribution is -2.63. The normalized spacial score (nSPS) is 21.6. The van der Waals surface area contributed by atoms with Crippen LogP contribution in [0.25, 0.3) is 0 Å². The monoisotopic (exact) mass is 375 g/mol. The third-order valence-corrected chi connectivity index (χ3v) is 10.4. The lowest BCUT2D eigenvalue weighted by molar-refractivity contribution is -0.138. The van der Waals surface area contributed by atoms with Crippen molar-refractivity contribution in [3.63, 3.8) is 0 Å². The smallest absolute Gasteiger partial charge is 0.229 e. The number of amides is 1. The summed E-state index contributed by atoms with van der Waals surface area (Å²) in [4.78, 5) is 13.3. The number of nitrogens with one attached hydrogen (secondary N) is 1. The highest BCUT2D eigenvalue weighted by atomic mass is 32.2. The molecular weight excluding hydrogens is 346 g/mol. The molecule has 1 amide bonds. The lowest BCUT2D eigenvalue weighted by atomic mass is 9.85. The van der Waals surface area contributed by atoms with Gasteiger partial charge in [-0.05, 0) is 53.7 Å². The average molecular weight is 376 g/mol. The maximum atomic E-state index is 12.2. The zero-order chi connectivity index (χ0) is 18.7. The standard InChI is InChI=1S/C20H29NO2SSi/c1-7-17(23-25(5,6)20(2,3)4)18-16(21-19(18)22)13-14-24-15-11-9-8-10-12-15/h8-12,16-18H,7H2,1-6H3,(H,21,22)/t16-,17+,18-/m1/s1. The van der Waals surface area contributed by atoms with Crippen molar-refractivity contribution in [2.24, 2.45) is 5.92 Å². The van der Waals surface area contributed by atoms with E-state index in [0.717, 1.165) is 11.3 Å². The second-order valence-electron chi connectivity index (χ2n) is 8.00. The summed E-state index contributed by atoms with van der Waals surface area (Å²) in [6.07, 6.45) is 0.768. The highest BCUT2D eigenvalue weighted by Gasteiger charge is 2.47. The number of hydrogen-bond donors (Lipinski definition) is 1. The summed E-state index contributed by atoms with van der Waals surface area (Å²) >= 11 is 1.49. The van der Waals surface area contributed by atoms with Crippen LogP contribution in [0, 0.1) is 17.1 Å². The zero-order valence-electron chi connectivity index (χ0n) is 16.1. The molecule has 1 N–H and O–H groups in total. The number of rotatable bonds is 5. The molecule has 0 spiro atoms. The number of carbonyl (C=O) groups excluding carboxylic acids is 1. The summed E-state index contributed by atoms with van der Waals surface area (Å²) in [7, 11) is -1.91. The van der Waals surface area contributed by atoms with Gasteiger partial charge in [-0.25, -0.2) is 0 Å². The lowest BCUT2D eigenvalue weighted by Gasteiger charge is -2.45. The van der Waals surface area contributed by atoms with Gasteiger partial charge in [-0.2, -0.15) is 0 Å². The summed E-state index contributed by atoms with van der Waals surface area (Å²) in [5.74, 6) is 3.10. The average Bonchev–Trinajstić information content (AvgIpc) is 2.53. The molecule has 1 heterocycles. The molecule has 0 aliphatic carbocycles. The minimum atomic E-state index is -1.91. The molecule has 1 aromatic rings. The highest BCUT2D eigenvalue weighted by molar-refractivity contribution is 8.03. The van der Waals surface area contributed by atoms with Gasteiger partial charge in [0.1, 0.15) is 6.04 Å². The summed E-state index contributed by atoms with van der Waals surface area (Å²) in [6, 6.07) is 9.94. The molecule has 136 valence electrons. The second-order valence-corrected chi connectivity index (χ2v) is 13.6. The van der Waals surface area contributed by atoms with Crippen LogP contribution in [-0.4, -0.2) is 26.4 Å². The molecule has 1 aromatic carbocycles. The second kappa shape index (κ2) is 7.99. The van der Waals surface area contributed by atoms with Crippen LogP contribution in [0.2, 0.25) is 18.1 Å². The maximum Gasteiger partial charge on any atom is 0.229 e. The van der Waals surface area contributed by atoms with Crippen LogP contribution in [0.1, 0.15) is 34.1 Å². The van der Waals surface area contributed by atoms with Crippen molar-refractivity contribution in [3.05, 3.63) is 30.3 Å². The van der Waals surface area contributed by atoms with E-state index in [1.54, 1.807) is 0 Å². The predicted molar refractivity (Wildman–Crippen MR) is 108 cm³/mol. The molecule has 1 aliphatic heterocycles. The van der Waals surface area contributed by atoms with Crippen LogP contribution in [-0.2, 0) is 9.22 Å². The van der Waals surface area contributed by atoms with Crippen LogP contribution in [0.5, 0.6) is 0 Å². The fraction of sp³-hybridized carbons (Fsp3) is 0.550. The van der Waals surface area contributed by atoms with Gasteiger partial charge in [-0.15, -0.1) is 0 Å². The first kappa shape index (κ1) is 20.1. The SMILES string of the molecule is CC[C@H](O[Si](C)(C)C(C)(C)C)[C@@H]1C(=O)N[C@@H]1C#CSc1ccccc1. The van der Waals surface area contributed by atoms with E-state index < -0.39 is 8.32 Å². The first-order valence-corrected chi connectivity index (χ1v) is 12.6. The van der Waals surface area contributed by atoms with Crippen molar-refractivity contribution in [1.82, 2.24) is 5.32 Å². The van der Waals surface area contributed by atoms with E-state index in [-0.39, 0.29) is 29.0 Å². The molecule has 0 aromatic heterocycles. The third-order valence-electron chi connectivity index (χ3n) is 5.14. The Kier molecular flexibility index (Phi) is 6.42. The van der Waals surface area contributed by atoms with Crippen LogP contribution < -0.4 is 5.32 Å². The number of thioether (sulfide) groups is 1. The molecule has 1 fully saturated rings. The van der Waals surface area contributed by atoms with Crippen LogP contribution in [0.4, 0.5) is 0 Å². The Morgan fingerprint density at radius 1 is 1.28 bits per heavy atom. The van der Waals surface area contributed by atoms with E-state index in [4.69, 9.17) is 4.43 Å². The van der Waals surface area contributed by atoms with E-state index >= 15 is 0 Å². The van der Waals surface area contributed by atoms with Gasteiger partial charge in [0.05, 0.1) is 12.0 Å². The Bertz CT molecular complexity index is 658. The molecule has 3 nitrogen and oxygen atoms in total. The Balaban J connectivity index is 2.04. The van der Waals surface area contributed by atoms with Gasteiger partial charge in [0.2, 0.25) is 5.91 Å². The highest BCUT2D eigenvalue weighted by Crippen LogP contribution is 2.39. The van der Waals surface area contributed by atoms with Crippen molar-refractivity contribution in [2.75, 3.05) is 0 Å². The number of β-lactam (4-membered cyclic amide) rings is 1. The maximum absolute atomic E-state index is 12.2. The van der Waals surface area contributed by atoms with Crippen molar-refractivity contribution < 1.29 is 9.22 Å². The topological polar surface area (TPSA) is 38.3 Å². The summed E-state index contributed by atoms with van der Waals surface area (Å²) in [6.45, 7) is 13.2. The molecule has 25 heavy (non-hydrogen) atoms.